The van der Waals surface area contributed by atoms with Crippen LogP contribution in [0, 0.1) is 0 Å². The first kappa shape index (κ1) is 17.2. The summed E-state index contributed by atoms with van der Waals surface area (Å²) in [5.41, 5.74) is 6.79. The molecule has 4 aromatic rings. The van der Waals surface area contributed by atoms with E-state index in [1.54, 1.807) is 6.21 Å². The molecule has 0 saturated carbocycles. The third-order valence-electron chi connectivity index (χ3n) is 4.25. The molecule has 0 aliphatic carbocycles. The smallest absolute Gasteiger partial charge is 0.288 e. The number of aromatic amines is 1. The van der Waals surface area contributed by atoms with Gasteiger partial charge in [0.1, 0.15) is 5.69 Å². The van der Waals surface area contributed by atoms with E-state index >= 15 is 0 Å². The molecular weight excluding hydrogens is 402 g/mol. The van der Waals surface area contributed by atoms with Crippen molar-refractivity contribution in [3.63, 3.8) is 0 Å². The second kappa shape index (κ2) is 7.60. The van der Waals surface area contributed by atoms with Crippen molar-refractivity contribution in [1.82, 2.24) is 10.4 Å². The lowest BCUT2D eigenvalue weighted by molar-refractivity contribution is 0.0951. The fourth-order valence-electron chi connectivity index (χ4n) is 2.99. The lowest BCUT2D eigenvalue weighted by atomic mass is 10.0. The number of nitrogens with one attached hydrogen (secondary N) is 2. The van der Waals surface area contributed by atoms with Crippen LogP contribution in [0.15, 0.2) is 88.4 Å². The number of hydrogen-bond acceptors (Lipinski definition) is 2. The Bertz CT molecular complexity index is 1120. The van der Waals surface area contributed by atoms with Gasteiger partial charge >= 0.3 is 0 Å². The topological polar surface area (TPSA) is 57.2 Å². The van der Waals surface area contributed by atoms with E-state index in [0.717, 1.165) is 32.1 Å². The minimum Gasteiger partial charge on any atom is -0.350 e. The Morgan fingerprint density at radius 1 is 0.926 bits per heavy atom. The molecular formula is C22H16BrN3O. The van der Waals surface area contributed by atoms with E-state index in [-0.39, 0.29) is 5.91 Å². The zero-order valence-electron chi connectivity index (χ0n) is 14.3. The lowest BCUT2D eigenvalue weighted by Crippen LogP contribution is -2.18. The highest BCUT2D eigenvalue weighted by Crippen LogP contribution is 2.32. The monoisotopic (exact) mass is 417 g/mol. The summed E-state index contributed by atoms with van der Waals surface area (Å²) in [4.78, 5) is 16.0. The van der Waals surface area contributed by atoms with Gasteiger partial charge in [0, 0.05) is 20.9 Å². The Labute approximate surface area is 165 Å². The number of fused-ring (bicyclic) bond motifs is 1. The lowest BCUT2D eigenvalue weighted by Gasteiger charge is -2.04. The number of aromatic nitrogens is 1. The molecule has 1 heterocycles. The first-order chi connectivity index (χ1) is 13.2. The number of carbonyl (C=O) groups is 1. The molecule has 1 aromatic heterocycles. The van der Waals surface area contributed by atoms with Crippen LogP contribution in [0.2, 0.25) is 0 Å². The fourth-order valence-corrected chi connectivity index (χ4v) is 3.25. The highest BCUT2D eigenvalue weighted by atomic mass is 79.9. The Hall–Kier alpha value is -3.18. The largest absolute Gasteiger partial charge is 0.350 e. The molecule has 0 saturated heterocycles. The van der Waals surface area contributed by atoms with Crippen molar-refractivity contribution in [3.8, 4) is 11.1 Å². The summed E-state index contributed by atoms with van der Waals surface area (Å²) >= 11 is 3.40. The van der Waals surface area contributed by atoms with E-state index in [1.165, 1.54) is 0 Å². The van der Waals surface area contributed by atoms with Crippen LogP contribution in [0.25, 0.3) is 22.0 Å². The summed E-state index contributed by atoms with van der Waals surface area (Å²) in [5, 5.41) is 5.10. The molecule has 0 aliphatic heterocycles. The molecule has 0 bridgehead atoms. The van der Waals surface area contributed by atoms with Gasteiger partial charge in [-0.05, 0) is 29.3 Å². The van der Waals surface area contributed by atoms with Crippen LogP contribution < -0.4 is 5.43 Å². The predicted octanol–water partition coefficient (Wildman–Crippen LogP) is 5.36. The third kappa shape index (κ3) is 3.68. The summed E-state index contributed by atoms with van der Waals surface area (Å²) < 4.78 is 0.995. The zero-order valence-corrected chi connectivity index (χ0v) is 15.9. The Morgan fingerprint density at radius 2 is 1.63 bits per heavy atom. The van der Waals surface area contributed by atoms with Gasteiger partial charge in [-0.15, -0.1) is 0 Å². The fraction of sp³-hybridized carbons (Fsp3) is 0. The average molecular weight is 418 g/mol. The zero-order chi connectivity index (χ0) is 18.6. The second-order valence-corrected chi connectivity index (χ2v) is 6.95. The number of hydrogen-bond donors (Lipinski definition) is 2. The summed E-state index contributed by atoms with van der Waals surface area (Å²) in [6.07, 6.45) is 1.62. The van der Waals surface area contributed by atoms with Crippen LogP contribution in [0.1, 0.15) is 16.1 Å². The van der Waals surface area contributed by atoms with Crippen molar-refractivity contribution in [2.24, 2.45) is 5.10 Å². The number of rotatable bonds is 4. The highest BCUT2D eigenvalue weighted by Gasteiger charge is 2.18. The van der Waals surface area contributed by atoms with Gasteiger partial charge in [0.05, 0.1) is 6.21 Å². The van der Waals surface area contributed by atoms with Crippen LogP contribution in [-0.2, 0) is 0 Å². The van der Waals surface area contributed by atoms with Crippen LogP contribution in [0.5, 0.6) is 0 Å². The van der Waals surface area contributed by atoms with E-state index in [1.807, 2.05) is 78.9 Å². The summed E-state index contributed by atoms with van der Waals surface area (Å²) in [6.45, 7) is 0. The normalized spacial score (nSPS) is 11.1. The van der Waals surface area contributed by atoms with E-state index < -0.39 is 0 Å². The number of carbonyl (C=O) groups excluding carboxylic acids is 1. The molecule has 0 atom stereocenters. The molecule has 0 aliphatic rings. The molecule has 0 fully saturated rings. The van der Waals surface area contributed by atoms with Gasteiger partial charge in [-0.25, -0.2) is 5.43 Å². The maximum Gasteiger partial charge on any atom is 0.288 e. The molecule has 132 valence electrons. The molecule has 4 nitrogen and oxygen atoms in total. The first-order valence-electron chi connectivity index (χ1n) is 8.47. The van der Waals surface area contributed by atoms with Crippen molar-refractivity contribution in [2.45, 2.75) is 0 Å². The highest BCUT2D eigenvalue weighted by molar-refractivity contribution is 9.10. The van der Waals surface area contributed by atoms with E-state index in [9.17, 15) is 4.79 Å². The van der Waals surface area contributed by atoms with E-state index in [2.05, 4.69) is 31.4 Å². The van der Waals surface area contributed by atoms with Crippen LogP contribution >= 0.6 is 15.9 Å². The first-order valence-corrected chi connectivity index (χ1v) is 9.27. The summed E-state index contributed by atoms with van der Waals surface area (Å²) in [7, 11) is 0. The minimum absolute atomic E-state index is 0.279. The number of hydrazone groups is 1. The maximum atomic E-state index is 12.8. The molecule has 4 rings (SSSR count). The van der Waals surface area contributed by atoms with Crippen molar-refractivity contribution in [1.29, 1.82) is 0 Å². The van der Waals surface area contributed by atoms with Gasteiger partial charge in [-0.3, -0.25) is 4.79 Å². The van der Waals surface area contributed by atoms with Gasteiger partial charge in [0.2, 0.25) is 0 Å². The molecule has 0 spiro atoms. The van der Waals surface area contributed by atoms with Gasteiger partial charge in [0.15, 0.2) is 0 Å². The molecule has 27 heavy (non-hydrogen) atoms. The standard InChI is InChI=1S/C22H16BrN3O/c23-17-12-10-15(11-13-17)14-24-26-22(27)21-20(16-6-2-1-3-7-16)18-8-4-5-9-19(18)25-21/h1-14,25H,(H,26,27). The number of para-hydroxylation sites is 1. The SMILES string of the molecule is O=C(NN=Cc1ccc(Br)cc1)c1[nH]c2ccccc2c1-c1ccccc1. The minimum atomic E-state index is -0.279. The van der Waals surface area contributed by atoms with Crippen LogP contribution in [0.4, 0.5) is 0 Å². The number of H-pyrrole nitrogens is 1. The van der Waals surface area contributed by atoms with Gasteiger partial charge in [0.25, 0.3) is 5.91 Å². The molecule has 0 unspecified atom stereocenters. The molecule has 1 amide bonds. The quantitative estimate of drug-likeness (QED) is 0.340. The molecule has 2 N–H and O–H groups in total. The van der Waals surface area contributed by atoms with E-state index in [4.69, 9.17) is 0 Å². The predicted molar refractivity (Wildman–Crippen MR) is 113 cm³/mol. The maximum absolute atomic E-state index is 12.8. The second-order valence-electron chi connectivity index (χ2n) is 6.04. The Morgan fingerprint density at radius 3 is 2.41 bits per heavy atom. The molecule has 5 heteroatoms. The number of benzene rings is 3. The number of nitrogens with zero attached hydrogens (tertiary/aromatic N) is 1. The van der Waals surface area contributed by atoms with Crippen molar-refractivity contribution >= 4 is 39.0 Å². The van der Waals surface area contributed by atoms with Crippen LogP contribution in [-0.4, -0.2) is 17.1 Å². The van der Waals surface area contributed by atoms with Gasteiger partial charge in [-0.1, -0.05) is 76.6 Å². The van der Waals surface area contributed by atoms with Crippen LogP contribution in [0.3, 0.4) is 0 Å². The van der Waals surface area contributed by atoms with E-state index in [0.29, 0.717) is 5.69 Å². The van der Waals surface area contributed by atoms with Crippen molar-refractivity contribution in [2.75, 3.05) is 0 Å². The Kier molecular flexibility index (Phi) is 4.85. The van der Waals surface area contributed by atoms with Gasteiger partial charge < -0.3 is 4.98 Å². The third-order valence-corrected chi connectivity index (χ3v) is 4.77. The van der Waals surface area contributed by atoms with Crippen molar-refractivity contribution < 1.29 is 4.79 Å². The average Bonchev–Trinajstić information content (AvgIpc) is 3.10. The summed E-state index contributed by atoms with van der Waals surface area (Å²) in [6, 6.07) is 25.4. The molecule has 0 radical (unpaired) electrons. The number of amides is 1. The van der Waals surface area contributed by atoms with Crippen molar-refractivity contribution in [3.05, 3.63) is 94.6 Å². The van der Waals surface area contributed by atoms with Gasteiger partial charge in [-0.2, -0.15) is 5.10 Å². The molecule has 3 aromatic carbocycles. The number of halogens is 1. The summed E-state index contributed by atoms with van der Waals surface area (Å²) in [5.74, 6) is -0.279. The Balaban J connectivity index is 1.66.